The van der Waals surface area contributed by atoms with E-state index in [2.05, 4.69) is 29.9 Å². The normalized spacial score (nSPS) is 13.7. The molecule has 2 aromatic heterocycles. The van der Waals surface area contributed by atoms with Gasteiger partial charge in [0.05, 0.1) is 26.5 Å². The summed E-state index contributed by atoms with van der Waals surface area (Å²) in [6, 6.07) is 2.61. The number of H-pyrrole nitrogens is 1. The van der Waals surface area contributed by atoms with Gasteiger partial charge in [-0.25, -0.2) is 18.6 Å². The average Bonchev–Trinajstić information content (AvgIpc) is 3.25. The van der Waals surface area contributed by atoms with Crippen LogP contribution < -0.4 is 19.3 Å². The van der Waals surface area contributed by atoms with Gasteiger partial charge in [0.2, 0.25) is 0 Å². The number of rotatable bonds is 9. The van der Waals surface area contributed by atoms with Crippen molar-refractivity contribution in [3.63, 3.8) is 0 Å². The molecule has 9 heteroatoms. The number of benzene rings is 1. The van der Waals surface area contributed by atoms with E-state index in [1.54, 1.807) is 13.2 Å². The molecular weight excluding hydrogens is 454 g/mol. The Labute approximate surface area is 204 Å². The van der Waals surface area contributed by atoms with Crippen LogP contribution in [0.4, 0.5) is 25.0 Å². The molecule has 0 unspecified atom stereocenters. The van der Waals surface area contributed by atoms with Crippen LogP contribution in [0.3, 0.4) is 0 Å². The highest BCUT2D eigenvalue weighted by Crippen LogP contribution is 2.42. The van der Waals surface area contributed by atoms with Gasteiger partial charge in [0, 0.05) is 36.0 Å². The third-order valence-corrected chi connectivity index (χ3v) is 6.67. The standard InChI is InChI=1S/C26H32F2N4O3/c1-6-8-15(9-7-2)10-17-11-18-23-16(13-29-25(18)30-17)14-32(26(33)31(23)3)24-21(27)19(34-4)12-20(35-5)22(24)28/h11-13,15H,6-10,14H2,1-5H3,(H,29,30). The van der Waals surface area contributed by atoms with Crippen LogP contribution in [0.25, 0.3) is 11.0 Å². The van der Waals surface area contributed by atoms with Crippen LogP contribution in [0.15, 0.2) is 18.3 Å². The predicted molar refractivity (Wildman–Crippen MR) is 133 cm³/mol. The number of aromatic amines is 1. The molecule has 35 heavy (non-hydrogen) atoms. The Bertz CT molecular complexity index is 1210. The summed E-state index contributed by atoms with van der Waals surface area (Å²) in [6.45, 7) is 4.35. The van der Waals surface area contributed by atoms with Crippen LogP contribution in [0.5, 0.6) is 11.5 Å². The van der Waals surface area contributed by atoms with E-state index in [9.17, 15) is 4.79 Å². The summed E-state index contributed by atoms with van der Waals surface area (Å²) in [4.78, 5) is 23.8. The van der Waals surface area contributed by atoms with Crippen molar-refractivity contribution in [3.05, 3.63) is 41.2 Å². The third kappa shape index (κ3) is 4.39. The molecule has 0 saturated carbocycles. The third-order valence-electron chi connectivity index (χ3n) is 6.67. The quantitative estimate of drug-likeness (QED) is 0.391. The first-order chi connectivity index (χ1) is 16.8. The zero-order valence-electron chi connectivity index (χ0n) is 20.9. The molecule has 0 spiro atoms. The molecule has 1 aliphatic heterocycles. The number of carbonyl (C=O) groups excluding carboxylic acids is 1. The fourth-order valence-electron chi connectivity index (χ4n) is 5.05. The number of anilines is 2. The molecule has 0 bridgehead atoms. The van der Waals surface area contributed by atoms with Gasteiger partial charge in [-0.1, -0.05) is 39.5 Å². The summed E-state index contributed by atoms with van der Waals surface area (Å²) in [5.41, 5.74) is 2.63. The SMILES string of the molecule is CCCC(CCC)Cc1cc2c3c(cnc2[nH]1)CN(c1c(F)c(OC)cc(OC)c1F)C(=O)N3C. The van der Waals surface area contributed by atoms with Gasteiger partial charge in [-0.2, -0.15) is 0 Å². The number of fused-ring (bicyclic) bond motifs is 3. The molecule has 0 atom stereocenters. The number of amides is 2. The maximum absolute atomic E-state index is 15.2. The zero-order chi connectivity index (χ0) is 25.3. The highest BCUT2D eigenvalue weighted by Gasteiger charge is 2.36. The van der Waals surface area contributed by atoms with Gasteiger partial charge in [0.1, 0.15) is 11.3 Å². The summed E-state index contributed by atoms with van der Waals surface area (Å²) in [6.07, 6.45) is 7.14. The lowest BCUT2D eigenvalue weighted by Gasteiger charge is -2.35. The first-order valence-electron chi connectivity index (χ1n) is 12.0. The first kappa shape index (κ1) is 24.8. The van der Waals surface area contributed by atoms with Crippen molar-refractivity contribution in [2.24, 2.45) is 5.92 Å². The van der Waals surface area contributed by atoms with Crippen molar-refractivity contribution >= 4 is 28.4 Å². The molecular formula is C26H32F2N4O3. The predicted octanol–water partition coefficient (Wildman–Crippen LogP) is 6.19. The fraction of sp³-hybridized carbons (Fsp3) is 0.462. The molecule has 3 aromatic rings. The number of carbonyl (C=O) groups is 1. The highest BCUT2D eigenvalue weighted by atomic mass is 19.1. The number of hydrogen-bond donors (Lipinski definition) is 1. The van der Waals surface area contributed by atoms with Crippen LogP contribution in [0.2, 0.25) is 0 Å². The lowest BCUT2D eigenvalue weighted by Crippen LogP contribution is -2.46. The van der Waals surface area contributed by atoms with Crippen molar-refractivity contribution in [2.45, 2.75) is 52.5 Å². The molecule has 0 fully saturated rings. The Morgan fingerprint density at radius 3 is 2.26 bits per heavy atom. The van der Waals surface area contributed by atoms with Gasteiger partial charge >= 0.3 is 6.03 Å². The molecule has 1 N–H and O–H groups in total. The lowest BCUT2D eigenvalue weighted by molar-refractivity contribution is 0.250. The number of urea groups is 1. The molecule has 188 valence electrons. The zero-order valence-corrected chi connectivity index (χ0v) is 20.9. The monoisotopic (exact) mass is 486 g/mol. The Hall–Kier alpha value is -3.36. The lowest BCUT2D eigenvalue weighted by atomic mass is 9.93. The largest absolute Gasteiger partial charge is 0.493 e. The second kappa shape index (κ2) is 10.1. The van der Waals surface area contributed by atoms with Crippen LogP contribution in [-0.4, -0.2) is 37.3 Å². The summed E-state index contributed by atoms with van der Waals surface area (Å²) in [5, 5.41) is 0.823. The smallest absolute Gasteiger partial charge is 0.329 e. The summed E-state index contributed by atoms with van der Waals surface area (Å²) < 4.78 is 40.4. The van der Waals surface area contributed by atoms with Crippen LogP contribution >= 0.6 is 0 Å². The number of pyridine rings is 1. The molecule has 1 aliphatic rings. The number of ether oxygens (including phenoxy) is 2. The minimum absolute atomic E-state index is 0.0413. The summed E-state index contributed by atoms with van der Waals surface area (Å²) >= 11 is 0. The van der Waals surface area contributed by atoms with E-state index in [1.165, 1.54) is 19.1 Å². The van der Waals surface area contributed by atoms with E-state index in [0.717, 1.165) is 54.2 Å². The molecule has 1 aromatic carbocycles. The Kier molecular flexibility index (Phi) is 7.14. The van der Waals surface area contributed by atoms with Crippen LogP contribution in [-0.2, 0) is 13.0 Å². The average molecular weight is 487 g/mol. The van der Waals surface area contributed by atoms with E-state index in [1.807, 2.05) is 0 Å². The number of halogens is 2. The molecule has 3 heterocycles. The van der Waals surface area contributed by atoms with E-state index < -0.39 is 23.4 Å². The van der Waals surface area contributed by atoms with E-state index in [4.69, 9.17) is 9.47 Å². The Balaban J connectivity index is 1.75. The Morgan fingerprint density at radius 2 is 1.69 bits per heavy atom. The van der Waals surface area contributed by atoms with Crippen LogP contribution in [0.1, 0.15) is 50.8 Å². The van der Waals surface area contributed by atoms with E-state index >= 15 is 8.78 Å². The Morgan fingerprint density at radius 1 is 1.06 bits per heavy atom. The molecule has 2 amide bonds. The number of hydrogen-bond acceptors (Lipinski definition) is 4. The highest BCUT2D eigenvalue weighted by molar-refractivity contribution is 6.11. The van der Waals surface area contributed by atoms with Crippen molar-refractivity contribution in [2.75, 3.05) is 31.1 Å². The molecule has 4 rings (SSSR count). The number of aromatic nitrogens is 2. The van der Waals surface area contributed by atoms with Gasteiger partial charge in [-0.15, -0.1) is 0 Å². The number of nitrogens with zero attached hydrogens (tertiary/aromatic N) is 3. The van der Waals surface area contributed by atoms with Gasteiger partial charge in [0.25, 0.3) is 0 Å². The van der Waals surface area contributed by atoms with Crippen molar-refractivity contribution in [1.29, 1.82) is 0 Å². The second-order valence-corrected chi connectivity index (χ2v) is 9.02. The van der Waals surface area contributed by atoms with Crippen molar-refractivity contribution in [3.8, 4) is 11.5 Å². The second-order valence-electron chi connectivity index (χ2n) is 9.02. The molecule has 0 saturated heterocycles. The van der Waals surface area contributed by atoms with Gasteiger partial charge in [-0.3, -0.25) is 9.80 Å². The van der Waals surface area contributed by atoms with E-state index in [0.29, 0.717) is 22.8 Å². The first-order valence-corrected chi connectivity index (χ1v) is 12.0. The topological polar surface area (TPSA) is 70.7 Å². The van der Waals surface area contributed by atoms with Gasteiger partial charge in [-0.05, 0) is 18.4 Å². The van der Waals surface area contributed by atoms with Gasteiger partial charge < -0.3 is 14.5 Å². The maximum atomic E-state index is 15.2. The van der Waals surface area contributed by atoms with Gasteiger partial charge in [0.15, 0.2) is 23.1 Å². The molecule has 0 radical (unpaired) electrons. The van der Waals surface area contributed by atoms with Crippen molar-refractivity contribution < 1.29 is 23.0 Å². The minimum Gasteiger partial charge on any atom is -0.493 e. The maximum Gasteiger partial charge on any atom is 0.329 e. The number of nitrogens with one attached hydrogen (secondary N) is 1. The van der Waals surface area contributed by atoms with Crippen LogP contribution in [0, 0.1) is 17.6 Å². The van der Waals surface area contributed by atoms with E-state index in [-0.39, 0.29) is 18.0 Å². The fourth-order valence-corrected chi connectivity index (χ4v) is 5.05. The minimum atomic E-state index is -0.966. The summed E-state index contributed by atoms with van der Waals surface area (Å²) in [7, 11) is 4.15. The molecule has 0 aliphatic carbocycles. The summed E-state index contributed by atoms with van der Waals surface area (Å²) in [5.74, 6) is -1.77. The van der Waals surface area contributed by atoms with Crippen molar-refractivity contribution in [1.82, 2.24) is 9.97 Å². The number of methoxy groups -OCH3 is 2. The molecule has 7 nitrogen and oxygen atoms in total.